The van der Waals surface area contributed by atoms with E-state index in [1.165, 1.54) is 11.0 Å². The first-order valence-electron chi connectivity index (χ1n) is 5.21. The van der Waals surface area contributed by atoms with Gasteiger partial charge in [-0.3, -0.25) is 14.5 Å². The zero-order chi connectivity index (χ0) is 12.8. The van der Waals surface area contributed by atoms with E-state index in [1.807, 2.05) is 0 Å². The molecule has 0 unspecified atom stereocenters. The Labute approximate surface area is 99.2 Å². The van der Waals surface area contributed by atoms with Crippen molar-refractivity contribution in [3.63, 3.8) is 0 Å². The van der Waals surface area contributed by atoms with Crippen LogP contribution in [0.15, 0.2) is 24.3 Å². The molecule has 1 aromatic rings. The van der Waals surface area contributed by atoms with E-state index in [2.05, 4.69) is 0 Å². The molecule has 92 valence electrons. The lowest BCUT2D eigenvalue weighted by molar-refractivity contribution is -0.121. The van der Waals surface area contributed by atoms with Crippen LogP contribution in [-0.4, -0.2) is 36.7 Å². The third-order valence-corrected chi connectivity index (χ3v) is 2.22. The molecule has 0 atom stereocenters. The molecule has 0 fully saturated rings. The van der Waals surface area contributed by atoms with Crippen LogP contribution in [0.25, 0.3) is 0 Å². The van der Waals surface area contributed by atoms with E-state index in [4.69, 9.17) is 5.73 Å². The first kappa shape index (κ1) is 13.3. The van der Waals surface area contributed by atoms with Crippen LogP contribution in [0.2, 0.25) is 0 Å². The molecule has 5 heteroatoms. The van der Waals surface area contributed by atoms with Gasteiger partial charge in [-0.25, -0.2) is 4.39 Å². The number of primary amides is 1. The zero-order valence-electron chi connectivity index (χ0n) is 9.65. The molecule has 17 heavy (non-hydrogen) atoms. The second-order valence-electron chi connectivity index (χ2n) is 3.95. The summed E-state index contributed by atoms with van der Waals surface area (Å²) >= 11 is 0. The second kappa shape index (κ2) is 6.10. The van der Waals surface area contributed by atoms with Gasteiger partial charge in [-0.05, 0) is 18.7 Å². The molecule has 2 N–H and O–H groups in total. The summed E-state index contributed by atoms with van der Waals surface area (Å²) in [7, 11) is 1.62. The lowest BCUT2D eigenvalue weighted by Gasteiger charge is -2.13. The van der Waals surface area contributed by atoms with E-state index in [0.29, 0.717) is 5.56 Å². The Morgan fingerprint density at radius 1 is 1.29 bits per heavy atom. The number of likely N-dealkylation sites (N-methyl/N-ethyl adjacent to an activating group) is 1. The summed E-state index contributed by atoms with van der Waals surface area (Å²) in [6.45, 7) is 0.0975. The predicted octanol–water partition coefficient (Wildman–Crippen LogP) is 0.354. The van der Waals surface area contributed by atoms with Gasteiger partial charge in [0.15, 0.2) is 5.78 Å². The number of halogens is 1. The smallest absolute Gasteiger partial charge is 0.231 e. The lowest BCUT2D eigenvalue weighted by atomic mass is 10.1. The number of hydrogen-bond acceptors (Lipinski definition) is 3. The van der Waals surface area contributed by atoms with Crippen LogP contribution >= 0.6 is 0 Å². The second-order valence-corrected chi connectivity index (χ2v) is 3.95. The largest absolute Gasteiger partial charge is 0.369 e. The summed E-state index contributed by atoms with van der Waals surface area (Å²) in [5.41, 5.74) is 5.36. The minimum absolute atomic E-state index is 0.0169. The van der Waals surface area contributed by atoms with Crippen molar-refractivity contribution in [2.24, 2.45) is 5.73 Å². The van der Waals surface area contributed by atoms with Crippen molar-refractivity contribution in [1.29, 1.82) is 0 Å². The van der Waals surface area contributed by atoms with Gasteiger partial charge in [0.1, 0.15) is 5.82 Å². The standard InChI is InChI=1S/C12H15FN2O2/c1-15(8-12(14)17)7-10(16)6-9-4-2-3-5-11(9)13/h2-5H,6-8H2,1H3,(H2,14,17). The molecule has 0 saturated carbocycles. The Morgan fingerprint density at radius 2 is 1.94 bits per heavy atom. The van der Waals surface area contributed by atoms with Crippen LogP contribution in [0.4, 0.5) is 4.39 Å². The molecule has 0 aliphatic carbocycles. The van der Waals surface area contributed by atoms with Gasteiger partial charge in [0.2, 0.25) is 5.91 Å². The fourth-order valence-corrected chi connectivity index (χ4v) is 1.53. The number of nitrogens with two attached hydrogens (primary N) is 1. The molecule has 0 aromatic heterocycles. The molecule has 0 aliphatic heterocycles. The first-order chi connectivity index (χ1) is 7.99. The van der Waals surface area contributed by atoms with E-state index in [-0.39, 0.29) is 25.3 Å². The number of Topliss-reactive ketones (excluding diaryl/α,β-unsaturated/α-hetero) is 1. The van der Waals surface area contributed by atoms with E-state index >= 15 is 0 Å². The number of amides is 1. The Balaban J connectivity index is 2.50. The maximum Gasteiger partial charge on any atom is 0.231 e. The fraction of sp³-hybridized carbons (Fsp3) is 0.333. The Bertz CT molecular complexity index is 421. The van der Waals surface area contributed by atoms with Gasteiger partial charge in [0.05, 0.1) is 13.1 Å². The van der Waals surface area contributed by atoms with Crippen molar-refractivity contribution < 1.29 is 14.0 Å². The molecule has 0 heterocycles. The summed E-state index contributed by atoms with van der Waals surface area (Å²) in [5.74, 6) is -1.04. The van der Waals surface area contributed by atoms with Crippen molar-refractivity contribution >= 4 is 11.7 Å². The molecule has 0 spiro atoms. The SMILES string of the molecule is CN(CC(N)=O)CC(=O)Cc1ccccc1F. The number of nitrogens with zero attached hydrogens (tertiary/aromatic N) is 1. The van der Waals surface area contributed by atoms with Gasteiger partial charge in [-0.2, -0.15) is 0 Å². The van der Waals surface area contributed by atoms with Crippen LogP contribution in [0.3, 0.4) is 0 Å². The van der Waals surface area contributed by atoms with Crippen LogP contribution in [0, 0.1) is 5.82 Å². The summed E-state index contributed by atoms with van der Waals surface area (Å²) in [4.78, 5) is 23.7. The number of carbonyl (C=O) groups excluding carboxylic acids is 2. The molecule has 4 nitrogen and oxygen atoms in total. The maximum absolute atomic E-state index is 13.3. The number of ketones is 1. The normalized spacial score (nSPS) is 10.5. The quantitative estimate of drug-likeness (QED) is 0.778. The molecule has 1 rings (SSSR count). The molecule has 0 radical (unpaired) electrons. The van der Waals surface area contributed by atoms with E-state index in [9.17, 15) is 14.0 Å². The molecular weight excluding hydrogens is 223 g/mol. The van der Waals surface area contributed by atoms with Crippen molar-refractivity contribution in [2.45, 2.75) is 6.42 Å². The van der Waals surface area contributed by atoms with Gasteiger partial charge < -0.3 is 5.73 Å². The average molecular weight is 238 g/mol. The van der Waals surface area contributed by atoms with E-state index in [0.717, 1.165) is 0 Å². The summed E-state index contributed by atoms with van der Waals surface area (Å²) < 4.78 is 13.3. The molecule has 0 saturated heterocycles. The number of hydrogen-bond donors (Lipinski definition) is 1. The van der Waals surface area contributed by atoms with Gasteiger partial charge in [0, 0.05) is 6.42 Å². The Morgan fingerprint density at radius 3 is 2.53 bits per heavy atom. The van der Waals surface area contributed by atoms with Crippen LogP contribution < -0.4 is 5.73 Å². The third kappa shape index (κ3) is 4.74. The zero-order valence-corrected chi connectivity index (χ0v) is 9.65. The topological polar surface area (TPSA) is 63.4 Å². The molecular formula is C12H15FN2O2. The first-order valence-corrected chi connectivity index (χ1v) is 5.21. The number of rotatable bonds is 6. The van der Waals surface area contributed by atoms with Gasteiger partial charge in [-0.1, -0.05) is 18.2 Å². The molecule has 0 aliphatic rings. The Kier molecular flexibility index (Phi) is 4.78. The Hall–Kier alpha value is -1.75. The van der Waals surface area contributed by atoms with Gasteiger partial charge >= 0.3 is 0 Å². The minimum Gasteiger partial charge on any atom is -0.369 e. The van der Waals surface area contributed by atoms with Crippen LogP contribution in [-0.2, 0) is 16.0 Å². The fourth-order valence-electron chi connectivity index (χ4n) is 1.53. The van der Waals surface area contributed by atoms with E-state index in [1.54, 1.807) is 25.2 Å². The number of carbonyl (C=O) groups is 2. The molecule has 1 aromatic carbocycles. The van der Waals surface area contributed by atoms with Crippen molar-refractivity contribution in [1.82, 2.24) is 4.90 Å². The average Bonchev–Trinajstić information content (AvgIpc) is 2.19. The summed E-state index contributed by atoms with van der Waals surface area (Å²) in [5, 5.41) is 0. The van der Waals surface area contributed by atoms with Crippen molar-refractivity contribution in [2.75, 3.05) is 20.1 Å². The summed E-state index contributed by atoms with van der Waals surface area (Å²) in [6.07, 6.45) is 0.0236. The van der Waals surface area contributed by atoms with Crippen molar-refractivity contribution in [3.8, 4) is 0 Å². The maximum atomic E-state index is 13.3. The highest BCUT2D eigenvalue weighted by Gasteiger charge is 2.11. The highest BCUT2D eigenvalue weighted by molar-refractivity contribution is 5.83. The highest BCUT2D eigenvalue weighted by atomic mass is 19.1. The third-order valence-electron chi connectivity index (χ3n) is 2.22. The van der Waals surface area contributed by atoms with E-state index < -0.39 is 11.7 Å². The van der Waals surface area contributed by atoms with Crippen LogP contribution in [0.1, 0.15) is 5.56 Å². The van der Waals surface area contributed by atoms with Crippen molar-refractivity contribution in [3.05, 3.63) is 35.6 Å². The van der Waals surface area contributed by atoms with Crippen LogP contribution in [0.5, 0.6) is 0 Å². The minimum atomic E-state index is -0.494. The molecule has 1 amide bonds. The summed E-state index contributed by atoms with van der Waals surface area (Å²) in [6, 6.07) is 6.14. The number of benzene rings is 1. The van der Waals surface area contributed by atoms with Gasteiger partial charge in [-0.15, -0.1) is 0 Å². The molecule has 0 bridgehead atoms. The van der Waals surface area contributed by atoms with Gasteiger partial charge in [0.25, 0.3) is 0 Å². The predicted molar refractivity (Wildman–Crippen MR) is 61.8 cm³/mol. The monoisotopic (exact) mass is 238 g/mol. The highest BCUT2D eigenvalue weighted by Crippen LogP contribution is 2.07. The lowest BCUT2D eigenvalue weighted by Crippen LogP contribution is -2.34.